The molecule has 0 saturated heterocycles. The Balaban J connectivity index is 2.66. The first kappa shape index (κ1) is 14.0. The third-order valence-corrected chi connectivity index (χ3v) is 7.55. The number of rotatable bonds is 3. The summed E-state index contributed by atoms with van der Waals surface area (Å²) in [6.45, 7) is 2.88. The highest BCUT2D eigenvalue weighted by Gasteiger charge is 2.30. The third kappa shape index (κ3) is 4.88. The molecular formula is C9H11BrF3NSSi. The highest BCUT2D eigenvalue weighted by molar-refractivity contribution is 9.26. The number of aromatic nitrogens is 1. The standard InChI is InChI=1S/C9H11BrF3NSSi/c1-16(2,10)6-15-8-4-3-7(5-14-8)9(11,12)13/h3-5H,6H2,1-2H3. The number of pyridine rings is 1. The summed E-state index contributed by atoms with van der Waals surface area (Å²) < 4.78 is 36.7. The van der Waals surface area contributed by atoms with Crippen LogP contribution in [0.2, 0.25) is 13.1 Å². The van der Waals surface area contributed by atoms with Crippen LogP contribution in [0.25, 0.3) is 0 Å². The second-order valence-corrected chi connectivity index (χ2v) is 15.6. The van der Waals surface area contributed by atoms with E-state index in [-0.39, 0.29) is 0 Å². The third-order valence-electron chi connectivity index (χ3n) is 1.63. The van der Waals surface area contributed by atoms with Crippen LogP contribution in [0.3, 0.4) is 0 Å². The Hall–Kier alpha value is -0.0131. The Morgan fingerprint density at radius 1 is 1.38 bits per heavy atom. The summed E-state index contributed by atoms with van der Waals surface area (Å²) in [6.07, 6.45) is -3.43. The normalized spacial score (nSPS) is 12.9. The van der Waals surface area contributed by atoms with E-state index >= 15 is 0 Å². The second-order valence-electron chi connectivity index (χ2n) is 3.89. The fourth-order valence-electron chi connectivity index (χ4n) is 0.879. The minimum Gasteiger partial charge on any atom is -0.249 e. The predicted molar refractivity (Wildman–Crippen MR) is 66.4 cm³/mol. The lowest BCUT2D eigenvalue weighted by Crippen LogP contribution is -2.19. The summed E-state index contributed by atoms with van der Waals surface area (Å²) in [6, 6.07) is 2.48. The van der Waals surface area contributed by atoms with Crippen molar-refractivity contribution in [3.05, 3.63) is 23.9 Å². The molecule has 16 heavy (non-hydrogen) atoms. The molecule has 1 aromatic rings. The summed E-state index contributed by atoms with van der Waals surface area (Å²) in [5.74, 6) is 0. The zero-order valence-corrected chi connectivity index (χ0v) is 12.2. The van der Waals surface area contributed by atoms with Gasteiger partial charge >= 0.3 is 6.18 Å². The van der Waals surface area contributed by atoms with Gasteiger partial charge in [0.15, 0.2) is 0 Å². The molecule has 0 aliphatic heterocycles. The summed E-state index contributed by atoms with van der Waals surface area (Å²) in [7, 11) is 0. The number of hydrogen-bond donors (Lipinski definition) is 0. The van der Waals surface area contributed by atoms with E-state index < -0.39 is 18.4 Å². The van der Waals surface area contributed by atoms with Crippen molar-refractivity contribution >= 4 is 33.7 Å². The summed E-state index contributed by atoms with van der Waals surface area (Å²) >= 11 is 5.08. The summed E-state index contributed by atoms with van der Waals surface area (Å²) in [5, 5.41) is 1.51. The first-order valence-electron chi connectivity index (χ1n) is 4.53. The Kier molecular flexibility index (Phi) is 4.47. The van der Waals surface area contributed by atoms with Crippen LogP contribution < -0.4 is 0 Å². The van der Waals surface area contributed by atoms with Crippen molar-refractivity contribution in [1.82, 2.24) is 4.98 Å². The Morgan fingerprint density at radius 3 is 2.38 bits per heavy atom. The van der Waals surface area contributed by atoms with Gasteiger partial charge in [-0.05, 0) is 12.1 Å². The fraction of sp³-hybridized carbons (Fsp3) is 0.444. The largest absolute Gasteiger partial charge is 0.417 e. The highest BCUT2D eigenvalue weighted by Crippen LogP contribution is 2.30. The number of alkyl halides is 3. The molecule has 0 atom stereocenters. The van der Waals surface area contributed by atoms with Crippen LogP contribution in [0.15, 0.2) is 23.4 Å². The molecule has 0 aliphatic carbocycles. The van der Waals surface area contributed by atoms with Crippen molar-refractivity contribution in [1.29, 1.82) is 0 Å². The van der Waals surface area contributed by atoms with Crippen LogP contribution in [-0.4, -0.2) is 17.1 Å². The van der Waals surface area contributed by atoms with Crippen molar-refractivity contribution < 1.29 is 13.2 Å². The SMILES string of the molecule is C[Si](C)(Br)CSc1ccc(C(F)(F)F)cn1. The number of halogens is 4. The van der Waals surface area contributed by atoms with Gasteiger partial charge in [-0.1, -0.05) is 13.1 Å². The minimum absolute atomic E-state index is 0.632. The molecule has 7 heteroatoms. The molecular weight excluding hydrogens is 319 g/mol. The van der Waals surface area contributed by atoms with E-state index in [1.54, 1.807) is 0 Å². The van der Waals surface area contributed by atoms with Gasteiger partial charge in [-0.25, -0.2) is 4.98 Å². The zero-order valence-electron chi connectivity index (χ0n) is 8.81. The lowest BCUT2D eigenvalue weighted by atomic mass is 10.3. The molecule has 0 bridgehead atoms. The molecule has 1 rings (SSSR count). The molecule has 0 radical (unpaired) electrons. The lowest BCUT2D eigenvalue weighted by Gasteiger charge is -2.12. The van der Waals surface area contributed by atoms with Crippen LogP contribution >= 0.6 is 27.1 Å². The van der Waals surface area contributed by atoms with E-state index in [0.29, 0.717) is 5.03 Å². The molecule has 0 saturated carbocycles. The van der Waals surface area contributed by atoms with Gasteiger partial charge in [-0.15, -0.1) is 27.1 Å². The first-order chi connectivity index (χ1) is 7.18. The van der Waals surface area contributed by atoms with Gasteiger partial charge in [-0.2, -0.15) is 13.2 Å². The van der Waals surface area contributed by atoms with E-state index in [1.165, 1.54) is 17.8 Å². The number of thioether (sulfide) groups is 1. The minimum atomic E-state index is -4.31. The van der Waals surface area contributed by atoms with Gasteiger partial charge in [0.25, 0.3) is 0 Å². The predicted octanol–water partition coefficient (Wildman–Crippen LogP) is 4.33. The Labute approximate surface area is 105 Å². The average molecular weight is 330 g/mol. The molecule has 0 fully saturated rings. The topological polar surface area (TPSA) is 12.9 Å². The molecule has 90 valence electrons. The quantitative estimate of drug-likeness (QED) is 0.465. The van der Waals surface area contributed by atoms with E-state index in [0.717, 1.165) is 17.6 Å². The van der Waals surface area contributed by atoms with Gasteiger partial charge in [-0.3, -0.25) is 0 Å². The van der Waals surface area contributed by atoms with Crippen LogP contribution in [0.4, 0.5) is 13.2 Å². The van der Waals surface area contributed by atoms with Crippen molar-refractivity contribution in [3.8, 4) is 0 Å². The van der Waals surface area contributed by atoms with Crippen molar-refractivity contribution in [2.75, 3.05) is 5.38 Å². The van der Waals surface area contributed by atoms with Gasteiger partial charge in [0.1, 0.15) is 6.69 Å². The van der Waals surface area contributed by atoms with E-state index in [2.05, 4.69) is 33.4 Å². The smallest absolute Gasteiger partial charge is 0.249 e. The molecule has 0 aliphatic rings. The highest BCUT2D eigenvalue weighted by atomic mass is 79.9. The van der Waals surface area contributed by atoms with Crippen LogP contribution in [-0.2, 0) is 6.18 Å². The van der Waals surface area contributed by atoms with Gasteiger partial charge < -0.3 is 0 Å². The van der Waals surface area contributed by atoms with Gasteiger partial charge in [0.05, 0.1) is 10.6 Å². The average Bonchev–Trinajstić information content (AvgIpc) is 2.13. The van der Waals surface area contributed by atoms with E-state index in [1.807, 2.05) is 0 Å². The van der Waals surface area contributed by atoms with Crippen molar-refractivity contribution in [2.24, 2.45) is 0 Å². The molecule has 1 aromatic heterocycles. The summed E-state index contributed by atoms with van der Waals surface area (Å²) in [4.78, 5) is 3.79. The molecule has 0 aromatic carbocycles. The number of nitrogens with zero attached hydrogens (tertiary/aromatic N) is 1. The molecule has 1 nitrogen and oxygen atoms in total. The number of hydrogen-bond acceptors (Lipinski definition) is 2. The first-order valence-corrected chi connectivity index (χ1v) is 11.0. The van der Waals surface area contributed by atoms with Crippen molar-refractivity contribution in [3.63, 3.8) is 0 Å². The molecule has 0 unspecified atom stereocenters. The van der Waals surface area contributed by atoms with E-state index in [4.69, 9.17) is 0 Å². The molecule has 1 heterocycles. The molecule has 0 spiro atoms. The second kappa shape index (κ2) is 5.10. The lowest BCUT2D eigenvalue weighted by molar-refractivity contribution is -0.137. The van der Waals surface area contributed by atoms with Crippen molar-refractivity contribution in [2.45, 2.75) is 24.3 Å². The monoisotopic (exact) mass is 329 g/mol. The Bertz CT molecular complexity index is 347. The summed E-state index contributed by atoms with van der Waals surface area (Å²) in [5.41, 5.74) is -0.702. The molecule has 0 N–H and O–H groups in total. The maximum absolute atomic E-state index is 12.2. The van der Waals surface area contributed by atoms with E-state index in [9.17, 15) is 13.2 Å². The van der Waals surface area contributed by atoms with Crippen LogP contribution in [0.1, 0.15) is 5.56 Å². The fourth-order valence-corrected chi connectivity index (χ4v) is 4.17. The van der Waals surface area contributed by atoms with Gasteiger partial charge in [0, 0.05) is 11.6 Å². The van der Waals surface area contributed by atoms with Crippen LogP contribution in [0, 0.1) is 0 Å². The zero-order chi connectivity index (χ0) is 12.4. The van der Waals surface area contributed by atoms with Crippen LogP contribution in [0.5, 0.6) is 0 Å². The van der Waals surface area contributed by atoms with Gasteiger partial charge in [0.2, 0.25) is 0 Å². The maximum Gasteiger partial charge on any atom is 0.417 e. The maximum atomic E-state index is 12.2. The molecule has 0 amide bonds. The Morgan fingerprint density at radius 2 is 2.00 bits per heavy atom.